The summed E-state index contributed by atoms with van der Waals surface area (Å²) in [6.07, 6.45) is -4.36. The zero-order valence-corrected chi connectivity index (χ0v) is 13.3. The van der Waals surface area contributed by atoms with Crippen LogP contribution in [0, 0.1) is 17.2 Å². The standard InChI is InChI=1S/C18H15F3N2O2/c1-25-16-7-5-12(6-8-16)9-13(11-22)17(24)23-15-4-2-3-14(10-15)18(19,20)21/h2-8,10,13H,9H2,1H3,(H,23,24). The summed E-state index contributed by atoms with van der Waals surface area (Å²) >= 11 is 0. The van der Waals surface area contributed by atoms with E-state index < -0.39 is 23.6 Å². The first kappa shape index (κ1) is 18.3. The van der Waals surface area contributed by atoms with Crippen molar-refractivity contribution < 1.29 is 22.7 Å². The van der Waals surface area contributed by atoms with E-state index in [0.29, 0.717) is 5.75 Å². The Balaban J connectivity index is 2.08. The number of benzene rings is 2. The van der Waals surface area contributed by atoms with Crippen molar-refractivity contribution in [2.45, 2.75) is 12.6 Å². The van der Waals surface area contributed by atoms with Gasteiger partial charge in [-0.15, -0.1) is 0 Å². The van der Waals surface area contributed by atoms with E-state index >= 15 is 0 Å². The highest BCUT2D eigenvalue weighted by Crippen LogP contribution is 2.30. The number of hydrogen-bond donors (Lipinski definition) is 1. The smallest absolute Gasteiger partial charge is 0.416 e. The number of anilines is 1. The van der Waals surface area contributed by atoms with Crippen LogP contribution in [0.5, 0.6) is 5.75 Å². The van der Waals surface area contributed by atoms with Gasteiger partial charge in [-0.25, -0.2) is 0 Å². The Morgan fingerprint density at radius 3 is 2.48 bits per heavy atom. The zero-order valence-electron chi connectivity index (χ0n) is 13.3. The first-order valence-electron chi connectivity index (χ1n) is 7.34. The van der Waals surface area contributed by atoms with E-state index in [9.17, 15) is 23.2 Å². The van der Waals surface area contributed by atoms with Crippen LogP contribution in [0.1, 0.15) is 11.1 Å². The lowest BCUT2D eigenvalue weighted by Gasteiger charge is -2.12. The first-order chi connectivity index (χ1) is 11.8. The zero-order chi connectivity index (χ0) is 18.4. The van der Waals surface area contributed by atoms with E-state index in [4.69, 9.17) is 4.74 Å². The van der Waals surface area contributed by atoms with Crippen molar-refractivity contribution in [2.75, 3.05) is 12.4 Å². The first-order valence-corrected chi connectivity index (χ1v) is 7.34. The number of ether oxygens (including phenoxy) is 1. The van der Waals surface area contributed by atoms with Gasteiger partial charge in [-0.2, -0.15) is 18.4 Å². The molecular formula is C18H15F3N2O2. The van der Waals surface area contributed by atoms with Crippen molar-refractivity contribution in [3.05, 3.63) is 59.7 Å². The van der Waals surface area contributed by atoms with E-state index in [1.165, 1.54) is 19.2 Å². The molecule has 0 aliphatic rings. The maximum atomic E-state index is 12.7. The van der Waals surface area contributed by atoms with E-state index in [-0.39, 0.29) is 12.1 Å². The molecule has 1 N–H and O–H groups in total. The minimum absolute atomic E-state index is 0.00481. The highest BCUT2D eigenvalue weighted by Gasteiger charge is 2.30. The molecule has 2 aromatic carbocycles. The Morgan fingerprint density at radius 1 is 1.24 bits per heavy atom. The van der Waals surface area contributed by atoms with Crippen molar-refractivity contribution >= 4 is 11.6 Å². The number of rotatable bonds is 5. The molecule has 2 rings (SSSR count). The van der Waals surface area contributed by atoms with E-state index in [1.807, 2.05) is 6.07 Å². The Bertz CT molecular complexity index is 780. The summed E-state index contributed by atoms with van der Waals surface area (Å²) < 4.78 is 43.1. The third-order valence-electron chi connectivity index (χ3n) is 3.53. The summed E-state index contributed by atoms with van der Waals surface area (Å²) in [5.74, 6) is -1.04. The molecule has 1 atom stereocenters. The number of alkyl halides is 3. The second kappa shape index (κ2) is 7.71. The van der Waals surface area contributed by atoms with Gasteiger partial charge in [0.1, 0.15) is 11.7 Å². The van der Waals surface area contributed by atoms with Gasteiger partial charge in [0.05, 0.1) is 18.7 Å². The van der Waals surface area contributed by atoms with E-state index in [0.717, 1.165) is 17.7 Å². The summed E-state index contributed by atoms with van der Waals surface area (Å²) in [7, 11) is 1.52. The summed E-state index contributed by atoms with van der Waals surface area (Å²) in [4.78, 5) is 12.2. The molecule has 0 fully saturated rings. The molecule has 0 saturated heterocycles. The van der Waals surface area contributed by atoms with Crippen LogP contribution in [-0.4, -0.2) is 13.0 Å². The average molecular weight is 348 g/mol. The largest absolute Gasteiger partial charge is 0.497 e. The van der Waals surface area contributed by atoms with Crippen LogP contribution in [-0.2, 0) is 17.4 Å². The van der Waals surface area contributed by atoms with Crippen molar-refractivity contribution in [3.63, 3.8) is 0 Å². The molecule has 130 valence electrons. The number of methoxy groups -OCH3 is 1. The predicted molar refractivity (Wildman–Crippen MR) is 85.9 cm³/mol. The monoisotopic (exact) mass is 348 g/mol. The number of hydrogen-bond acceptors (Lipinski definition) is 3. The summed E-state index contributed by atoms with van der Waals surface area (Å²) in [6, 6.07) is 13.0. The van der Waals surface area contributed by atoms with Gasteiger partial charge < -0.3 is 10.1 Å². The number of nitriles is 1. The van der Waals surface area contributed by atoms with Crippen molar-refractivity contribution in [1.29, 1.82) is 5.26 Å². The molecule has 0 radical (unpaired) electrons. The van der Waals surface area contributed by atoms with Crippen LogP contribution in [0.2, 0.25) is 0 Å². The molecule has 0 aromatic heterocycles. The van der Waals surface area contributed by atoms with Gasteiger partial charge in [0.2, 0.25) is 5.91 Å². The number of nitrogens with one attached hydrogen (secondary N) is 1. The maximum absolute atomic E-state index is 12.7. The number of carbonyl (C=O) groups is 1. The number of carbonyl (C=O) groups excluding carboxylic acids is 1. The number of halogens is 3. The quantitative estimate of drug-likeness (QED) is 0.887. The van der Waals surface area contributed by atoms with Gasteiger partial charge in [-0.05, 0) is 42.3 Å². The summed E-state index contributed by atoms with van der Waals surface area (Å²) in [5.41, 5.74) is -0.129. The Kier molecular flexibility index (Phi) is 5.65. The lowest BCUT2D eigenvalue weighted by Crippen LogP contribution is -2.23. The summed E-state index contributed by atoms with van der Waals surface area (Å²) in [6.45, 7) is 0. The molecular weight excluding hydrogens is 333 g/mol. The minimum atomic E-state index is -4.50. The number of amides is 1. The van der Waals surface area contributed by atoms with Gasteiger partial charge in [-0.3, -0.25) is 4.79 Å². The molecule has 0 aliphatic heterocycles. The number of nitrogens with zero attached hydrogens (tertiary/aromatic N) is 1. The minimum Gasteiger partial charge on any atom is -0.497 e. The molecule has 4 nitrogen and oxygen atoms in total. The fraction of sp³-hybridized carbons (Fsp3) is 0.222. The van der Waals surface area contributed by atoms with Crippen LogP contribution in [0.4, 0.5) is 18.9 Å². The van der Waals surface area contributed by atoms with Crippen LogP contribution in [0.25, 0.3) is 0 Å². The molecule has 0 spiro atoms. The van der Waals surface area contributed by atoms with Gasteiger partial charge in [0.25, 0.3) is 0 Å². The third kappa shape index (κ3) is 4.98. The molecule has 0 aliphatic carbocycles. The Hall–Kier alpha value is -3.01. The molecule has 0 heterocycles. The van der Waals surface area contributed by atoms with Gasteiger partial charge >= 0.3 is 6.18 Å². The Labute approximate surface area is 142 Å². The molecule has 7 heteroatoms. The molecule has 1 amide bonds. The molecule has 1 unspecified atom stereocenters. The highest BCUT2D eigenvalue weighted by molar-refractivity contribution is 5.94. The van der Waals surface area contributed by atoms with Crippen molar-refractivity contribution in [3.8, 4) is 11.8 Å². The lowest BCUT2D eigenvalue weighted by atomic mass is 9.99. The summed E-state index contributed by atoms with van der Waals surface area (Å²) in [5, 5.41) is 11.6. The van der Waals surface area contributed by atoms with Gasteiger partial charge in [-0.1, -0.05) is 18.2 Å². The van der Waals surface area contributed by atoms with Crippen molar-refractivity contribution in [1.82, 2.24) is 0 Å². The van der Waals surface area contributed by atoms with Crippen molar-refractivity contribution in [2.24, 2.45) is 5.92 Å². The molecule has 0 bridgehead atoms. The maximum Gasteiger partial charge on any atom is 0.416 e. The van der Waals surface area contributed by atoms with Gasteiger partial charge in [0, 0.05) is 5.69 Å². The topological polar surface area (TPSA) is 62.1 Å². The van der Waals surface area contributed by atoms with Crippen LogP contribution in [0.3, 0.4) is 0 Å². The third-order valence-corrected chi connectivity index (χ3v) is 3.53. The van der Waals surface area contributed by atoms with Crippen LogP contribution >= 0.6 is 0 Å². The normalized spacial score (nSPS) is 12.1. The fourth-order valence-corrected chi connectivity index (χ4v) is 2.20. The second-order valence-electron chi connectivity index (χ2n) is 5.30. The molecule has 25 heavy (non-hydrogen) atoms. The SMILES string of the molecule is COc1ccc(CC(C#N)C(=O)Nc2cccc(C(F)(F)F)c2)cc1. The van der Waals surface area contributed by atoms with Crippen LogP contribution in [0.15, 0.2) is 48.5 Å². The molecule has 0 saturated carbocycles. The molecule has 2 aromatic rings. The predicted octanol–water partition coefficient (Wildman–Crippen LogP) is 4.03. The van der Waals surface area contributed by atoms with E-state index in [1.54, 1.807) is 24.3 Å². The lowest BCUT2D eigenvalue weighted by molar-refractivity contribution is -0.137. The van der Waals surface area contributed by atoms with Crippen LogP contribution < -0.4 is 10.1 Å². The second-order valence-corrected chi connectivity index (χ2v) is 5.30. The highest BCUT2D eigenvalue weighted by atomic mass is 19.4. The van der Waals surface area contributed by atoms with Gasteiger partial charge in [0.15, 0.2) is 0 Å². The average Bonchev–Trinajstić information content (AvgIpc) is 2.59. The van der Waals surface area contributed by atoms with E-state index in [2.05, 4.69) is 5.32 Å². The Morgan fingerprint density at radius 2 is 1.92 bits per heavy atom. The fourth-order valence-electron chi connectivity index (χ4n) is 2.20.